The van der Waals surface area contributed by atoms with Gasteiger partial charge in [-0.05, 0) is 23.6 Å². The highest BCUT2D eigenvalue weighted by atomic mass is 16.6. The van der Waals surface area contributed by atoms with E-state index in [1.165, 1.54) is 0 Å². The summed E-state index contributed by atoms with van der Waals surface area (Å²) in [6.45, 7) is 0.939. The van der Waals surface area contributed by atoms with Crippen molar-refractivity contribution in [3.05, 3.63) is 24.4 Å². The Morgan fingerprint density at radius 1 is 1.35 bits per heavy atom. The van der Waals surface area contributed by atoms with Crippen molar-refractivity contribution in [3.63, 3.8) is 0 Å². The van der Waals surface area contributed by atoms with Crippen LogP contribution in [0.1, 0.15) is 0 Å². The van der Waals surface area contributed by atoms with Gasteiger partial charge in [-0.1, -0.05) is 0 Å². The quantitative estimate of drug-likeness (QED) is 0.915. The highest BCUT2D eigenvalue weighted by molar-refractivity contribution is 5.95. The predicted octanol–water partition coefficient (Wildman–Crippen LogP) is 1.53. The molecule has 0 atom stereocenters. The lowest BCUT2D eigenvalue weighted by Crippen LogP contribution is -2.26. The molecule has 0 aliphatic carbocycles. The highest BCUT2D eigenvalue weighted by Crippen LogP contribution is 2.37. The van der Waals surface area contributed by atoms with Crippen LogP contribution in [0.25, 0.3) is 10.8 Å². The number of aromatic nitrogens is 1. The van der Waals surface area contributed by atoms with Crippen molar-refractivity contribution in [2.45, 2.75) is 0 Å². The Balaban J connectivity index is 2.11. The Morgan fingerprint density at radius 3 is 2.75 bits per heavy atom. The number of benzene rings is 1. The summed E-state index contributed by atoms with van der Waals surface area (Å²) < 4.78 is 11.1. The molecule has 3 rings (SSSR count). The number of likely N-dealkylation sites (N-methyl/N-ethyl adjacent to an activating group) is 1. The molecule has 1 aliphatic heterocycles. The van der Waals surface area contributed by atoms with Gasteiger partial charge in [0.2, 0.25) is 0 Å². The summed E-state index contributed by atoms with van der Waals surface area (Å²) >= 11 is 0. The zero-order valence-corrected chi connectivity index (χ0v) is 11.0. The van der Waals surface area contributed by atoms with Gasteiger partial charge >= 0.3 is 5.97 Å². The number of ether oxygens (including phenoxy) is 2. The van der Waals surface area contributed by atoms with Gasteiger partial charge in [0.25, 0.3) is 0 Å². The molecule has 0 saturated heterocycles. The summed E-state index contributed by atoms with van der Waals surface area (Å²) in [5.74, 6) is 1.09. The zero-order chi connectivity index (χ0) is 14.1. The molecule has 1 N–H and O–H groups in total. The molecule has 0 spiro atoms. The van der Waals surface area contributed by atoms with Crippen LogP contribution in [-0.4, -0.2) is 42.9 Å². The van der Waals surface area contributed by atoms with E-state index in [1.807, 2.05) is 18.2 Å². The van der Waals surface area contributed by atoms with Gasteiger partial charge in [0.1, 0.15) is 25.6 Å². The van der Waals surface area contributed by atoms with Crippen molar-refractivity contribution in [1.82, 2.24) is 4.98 Å². The average molecular weight is 274 g/mol. The maximum absolute atomic E-state index is 10.8. The fourth-order valence-corrected chi connectivity index (χ4v) is 2.28. The molecule has 0 saturated carbocycles. The van der Waals surface area contributed by atoms with Gasteiger partial charge in [-0.2, -0.15) is 0 Å². The van der Waals surface area contributed by atoms with E-state index in [0.717, 1.165) is 10.8 Å². The smallest absolute Gasteiger partial charge is 0.323 e. The molecule has 0 radical (unpaired) electrons. The molecule has 0 fully saturated rings. The van der Waals surface area contributed by atoms with E-state index in [1.54, 1.807) is 18.1 Å². The lowest BCUT2D eigenvalue weighted by Gasteiger charge is -2.21. The minimum atomic E-state index is -0.899. The van der Waals surface area contributed by atoms with Crippen LogP contribution in [-0.2, 0) is 4.79 Å². The van der Waals surface area contributed by atoms with Crippen molar-refractivity contribution in [2.24, 2.45) is 0 Å². The Bertz CT molecular complexity index is 672. The number of hydrogen-bond acceptors (Lipinski definition) is 5. The Kier molecular flexibility index (Phi) is 3.06. The number of nitrogens with zero attached hydrogens (tertiary/aromatic N) is 2. The lowest BCUT2D eigenvalue weighted by molar-refractivity contribution is -0.135. The molecule has 6 heteroatoms. The molecule has 0 amide bonds. The number of aliphatic carboxylic acids is 1. The van der Waals surface area contributed by atoms with Crippen LogP contribution in [0.3, 0.4) is 0 Å². The largest absolute Gasteiger partial charge is 0.486 e. The molecular weight excluding hydrogens is 260 g/mol. The molecule has 2 heterocycles. The van der Waals surface area contributed by atoms with Crippen LogP contribution in [0.2, 0.25) is 0 Å². The second-order valence-electron chi connectivity index (χ2n) is 4.60. The summed E-state index contributed by atoms with van der Waals surface area (Å²) in [7, 11) is 1.70. The average Bonchev–Trinajstić information content (AvgIpc) is 2.43. The van der Waals surface area contributed by atoms with Crippen LogP contribution in [0.15, 0.2) is 24.4 Å². The number of carbonyl (C=O) groups is 1. The summed E-state index contributed by atoms with van der Waals surface area (Å²) in [5, 5.41) is 10.7. The number of hydrogen-bond donors (Lipinski definition) is 1. The Labute approximate surface area is 115 Å². The van der Waals surface area contributed by atoms with Crippen molar-refractivity contribution < 1.29 is 19.4 Å². The van der Waals surface area contributed by atoms with Crippen molar-refractivity contribution in [2.75, 3.05) is 31.7 Å². The molecular formula is C14H14N2O4. The summed E-state index contributed by atoms with van der Waals surface area (Å²) in [5.41, 5.74) is 0. The topological polar surface area (TPSA) is 71.9 Å². The van der Waals surface area contributed by atoms with Gasteiger partial charge in [0, 0.05) is 18.6 Å². The third-order valence-corrected chi connectivity index (χ3v) is 3.14. The number of pyridine rings is 1. The molecule has 2 aromatic rings. The third-order valence-electron chi connectivity index (χ3n) is 3.14. The maximum Gasteiger partial charge on any atom is 0.323 e. The molecule has 0 unspecified atom stereocenters. The normalized spacial score (nSPS) is 13.2. The van der Waals surface area contributed by atoms with E-state index in [2.05, 4.69) is 4.98 Å². The molecule has 104 valence electrons. The fourth-order valence-electron chi connectivity index (χ4n) is 2.28. The highest BCUT2D eigenvalue weighted by Gasteiger charge is 2.16. The minimum absolute atomic E-state index is 0.111. The summed E-state index contributed by atoms with van der Waals surface area (Å²) in [6.07, 6.45) is 1.66. The van der Waals surface area contributed by atoms with Crippen LogP contribution in [0.5, 0.6) is 11.5 Å². The van der Waals surface area contributed by atoms with Gasteiger partial charge in [-0.3, -0.25) is 4.79 Å². The van der Waals surface area contributed by atoms with E-state index >= 15 is 0 Å². The van der Waals surface area contributed by atoms with Crippen LogP contribution >= 0.6 is 0 Å². The van der Waals surface area contributed by atoms with Gasteiger partial charge in [-0.15, -0.1) is 0 Å². The number of fused-ring (bicyclic) bond motifs is 2. The molecule has 0 bridgehead atoms. The summed E-state index contributed by atoms with van der Waals surface area (Å²) in [4.78, 5) is 16.7. The second-order valence-corrected chi connectivity index (χ2v) is 4.60. The van der Waals surface area contributed by atoms with Gasteiger partial charge in [0.05, 0.1) is 0 Å². The first kappa shape index (κ1) is 12.5. The number of carboxylic acid groups (broad SMARTS) is 1. The van der Waals surface area contributed by atoms with E-state index in [0.29, 0.717) is 30.5 Å². The predicted molar refractivity (Wildman–Crippen MR) is 73.6 cm³/mol. The molecule has 1 aliphatic rings. The van der Waals surface area contributed by atoms with E-state index in [4.69, 9.17) is 14.6 Å². The van der Waals surface area contributed by atoms with Crippen molar-refractivity contribution in [1.29, 1.82) is 0 Å². The first-order valence-electron chi connectivity index (χ1n) is 6.26. The fraction of sp³-hybridized carbons (Fsp3) is 0.286. The SMILES string of the molecule is CN(CC(=O)O)c1nccc2cc3c(cc12)OCCO3. The Morgan fingerprint density at radius 2 is 2.05 bits per heavy atom. The monoisotopic (exact) mass is 274 g/mol. The van der Waals surface area contributed by atoms with E-state index < -0.39 is 5.97 Å². The van der Waals surface area contributed by atoms with Gasteiger partial charge < -0.3 is 19.5 Å². The third kappa shape index (κ3) is 2.20. The molecule has 6 nitrogen and oxygen atoms in total. The van der Waals surface area contributed by atoms with Crippen molar-refractivity contribution >= 4 is 22.6 Å². The van der Waals surface area contributed by atoms with Gasteiger partial charge in [0.15, 0.2) is 11.5 Å². The van der Waals surface area contributed by atoms with Crippen molar-refractivity contribution in [3.8, 4) is 11.5 Å². The second kappa shape index (κ2) is 4.88. The minimum Gasteiger partial charge on any atom is -0.486 e. The summed E-state index contributed by atoms with van der Waals surface area (Å²) in [6, 6.07) is 5.61. The lowest BCUT2D eigenvalue weighted by atomic mass is 10.1. The zero-order valence-electron chi connectivity index (χ0n) is 11.0. The standard InChI is InChI=1S/C14H14N2O4/c1-16(8-13(17)18)14-10-7-12-11(19-4-5-20-12)6-9(10)2-3-15-14/h2-3,6-7H,4-5,8H2,1H3,(H,17,18). The first-order chi connectivity index (χ1) is 9.65. The number of anilines is 1. The number of rotatable bonds is 3. The van der Waals surface area contributed by atoms with Gasteiger partial charge in [-0.25, -0.2) is 4.98 Å². The van der Waals surface area contributed by atoms with Crippen LogP contribution in [0, 0.1) is 0 Å². The molecule has 1 aromatic heterocycles. The maximum atomic E-state index is 10.8. The van der Waals surface area contributed by atoms with E-state index in [-0.39, 0.29) is 6.54 Å². The first-order valence-corrected chi connectivity index (χ1v) is 6.26. The molecule has 20 heavy (non-hydrogen) atoms. The van der Waals surface area contributed by atoms with Crippen LogP contribution in [0.4, 0.5) is 5.82 Å². The Hall–Kier alpha value is -2.50. The van der Waals surface area contributed by atoms with E-state index in [9.17, 15) is 4.79 Å². The van der Waals surface area contributed by atoms with Crippen LogP contribution < -0.4 is 14.4 Å². The molecule has 1 aromatic carbocycles. The number of carboxylic acids is 1.